The maximum Gasteiger partial charge on any atom is 0.145 e. The molecule has 0 aliphatic carbocycles. The van der Waals surface area contributed by atoms with E-state index in [4.69, 9.17) is 26.3 Å². The quantitative estimate of drug-likeness (QED) is 0.205. The number of aromatic nitrogens is 3. The molecule has 1 aromatic carbocycles. The molecule has 0 amide bonds. The van der Waals surface area contributed by atoms with Crippen LogP contribution in [0.25, 0.3) is 27.8 Å². The lowest BCUT2D eigenvalue weighted by Gasteiger charge is -2.42. The van der Waals surface area contributed by atoms with E-state index in [-0.39, 0.29) is 11.9 Å². The number of fused-ring (bicyclic) bond motifs is 3. The predicted octanol–water partition coefficient (Wildman–Crippen LogP) is 4.80. The van der Waals surface area contributed by atoms with Crippen LogP contribution in [0.2, 0.25) is 0 Å². The van der Waals surface area contributed by atoms with Gasteiger partial charge in [0.15, 0.2) is 0 Å². The van der Waals surface area contributed by atoms with Crippen LogP contribution in [-0.4, -0.2) is 102 Å². The highest BCUT2D eigenvalue weighted by molar-refractivity contribution is 6.05. The van der Waals surface area contributed by atoms with Crippen LogP contribution >= 0.6 is 0 Å². The number of allylic oxidation sites excluding steroid dienone is 1. The maximum absolute atomic E-state index is 15.9. The molecule has 0 saturated carbocycles. The number of likely N-dealkylation sites (tertiary alicyclic amines) is 1. The Morgan fingerprint density at radius 1 is 1.02 bits per heavy atom. The molecule has 256 valence electrons. The molecule has 11 heteroatoms. The molecule has 4 aromatic rings. The van der Waals surface area contributed by atoms with Crippen molar-refractivity contribution in [2.24, 2.45) is 17.5 Å². The molecular formula is C37H50FN9O. The van der Waals surface area contributed by atoms with Crippen LogP contribution in [0.5, 0.6) is 0 Å². The van der Waals surface area contributed by atoms with E-state index in [1.54, 1.807) is 19.2 Å². The third-order valence-electron chi connectivity index (χ3n) is 10.8. The summed E-state index contributed by atoms with van der Waals surface area (Å²) in [6, 6.07) is 13.9. The number of ether oxygens (including phenoxy) is 1. The highest BCUT2D eigenvalue weighted by Gasteiger charge is 2.30. The van der Waals surface area contributed by atoms with Crippen LogP contribution in [0, 0.1) is 11.7 Å². The minimum absolute atomic E-state index is 0.213. The zero-order valence-electron chi connectivity index (χ0n) is 28.6. The first-order valence-corrected chi connectivity index (χ1v) is 17.5. The van der Waals surface area contributed by atoms with Gasteiger partial charge in [0.2, 0.25) is 0 Å². The molecule has 1 unspecified atom stereocenters. The van der Waals surface area contributed by atoms with Crippen molar-refractivity contribution in [2.45, 2.75) is 51.1 Å². The SMILES string of the molecule is C/C(N)=C(\c1cnc2c3ccc(N4CCN(C5CCN(C)CC5)CC4)nc3n(C(CC3CCOCC3)c3ccccc3F)c2c1)N(C)N. The number of hydrazine groups is 1. The Bertz CT molecular complexity index is 1760. The van der Waals surface area contributed by atoms with Crippen LogP contribution in [0.3, 0.4) is 0 Å². The Hall–Kier alpha value is -3.77. The van der Waals surface area contributed by atoms with Crippen LogP contribution in [-0.2, 0) is 4.74 Å². The van der Waals surface area contributed by atoms with Crippen LogP contribution in [0.4, 0.5) is 10.2 Å². The Morgan fingerprint density at radius 3 is 2.44 bits per heavy atom. The van der Waals surface area contributed by atoms with Crippen LogP contribution in [0.1, 0.15) is 56.2 Å². The summed E-state index contributed by atoms with van der Waals surface area (Å²) < 4.78 is 23.8. The normalized spacial score (nSPS) is 20.4. The van der Waals surface area contributed by atoms with E-state index in [0.29, 0.717) is 28.9 Å². The molecule has 10 nitrogen and oxygen atoms in total. The summed E-state index contributed by atoms with van der Waals surface area (Å²) in [7, 11) is 4.00. The summed E-state index contributed by atoms with van der Waals surface area (Å²) in [6.07, 6.45) is 6.96. The first kappa shape index (κ1) is 32.8. The number of pyridine rings is 2. The van der Waals surface area contributed by atoms with Crippen molar-refractivity contribution < 1.29 is 9.13 Å². The van der Waals surface area contributed by atoms with Crippen molar-refractivity contribution in [1.29, 1.82) is 0 Å². The molecule has 3 aliphatic heterocycles. The molecular weight excluding hydrogens is 605 g/mol. The lowest BCUT2D eigenvalue weighted by Crippen LogP contribution is -2.53. The van der Waals surface area contributed by atoms with E-state index in [1.807, 2.05) is 25.3 Å². The van der Waals surface area contributed by atoms with Gasteiger partial charge in [-0.3, -0.25) is 9.88 Å². The summed E-state index contributed by atoms with van der Waals surface area (Å²) in [5, 5.41) is 2.48. The Balaban J connectivity index is 1.34. The number of piperazine rings is 1. The Labute approximate surface area is 283 Å². The average Bonchev–Trinajstić information content (AvgIpc) is 3.41. The van der Waals surface area contributed by atoms with E-state index < -0.39 is 0 Å². The number of halogens is 1. The minimum atomic E-state index is -0.294. The van der Waals surface area contributed by atoms with E-state index in [2.05, 4.69) is 44.5 Å². The highest BCUT2D eigenvalue weighted by Crippen LogP contribution is 2.40. The summed E-state index contributed by atoms with van der Waals surface area (Å²) in [4.78, 5) is 17.9. The van der Waals surface area contributed by atoms with Gasteiger partial charge in [-0.1, -0.05) is 18.2 Å². The van der Waals surface area contributed by atoms with Gasteiger partial charge in [0.1, 0.15) is 17.3 Å². The first-order chi connectivity index (χ1) is 23.3. The summed E-state index contributed by atoms with van der Waals surface area (Å²) >= 11 is 0. The number of piperidine rings is 1. The summed E-state index contributed by atoms with van der Waals surface area (Å²) in [5.74, 6) is 7.39. The number of anilines is 1. The van der Waals surface area contributed by atoms with E-state index in [9.17, 15) is 0 Å². The van der Waals surface area contributed by atoms with Crippen molar-refractivity contribution in [3.8, 4) is 0 Å². The number of benzene rings is 1. The van der Waals surface area contributed by atoms with Gasteiger partial charge in [-0.25, -0.2) is 15.2 Å². The largest absolute Gasteiger partial charge is 0.401 e. The fourth-order valence-electron chi connectivity index (χ4n) is 8.19. The molecule has 0 bridgehead atoms. The Kier molecular flexibility index (Phi) is 9.55. The molecule has 0 spiro atoms. The topological polar surface area (TPSA) is 105 Å². The van der Waals surface area contributed by atoms with Crippen molar-refractivity contribution in [3.63, 3.8) is 0 Å². The molecule has 48 heavy (non-hydrogen) atoms. The van der Waals surface area contributed by atoms with E-state index >= 15 is 4.39 Å². The van der Waals surface area contributed by atoms with Crippen molar-refractivity contribution in [3.05, 3.63) is 71.3 Å². The zero-order valence-corrected chi connectivity index (χ0v) is 28.6. The number of hydrogen-bond acceptors (Lipinski definition) is 9. The maximum atomic E-state index is 15.9. The predicted molar refractivity (Wildman–Crippen MR) is 191 cm³/mol. The molecule has 3 aliphatic rings. The second kappa shape index (κ2) is 14.0. The van der Waals surface area contributed by atoms with Gasteiger partial charge >= 0.3 is 0 Å². The number of nitrogens with zero attached hydrogens (tertiary/aromatic N) is 7. The van der Waals surface area contributed by atoms with Crippen molar-refractivity contribution in [1.82, 2.24) is 29.3 Å². The number of nitrogens with two attached hydrogens (primary N) is 2. The Morgan fingerprint density at radius 2 is 1.75 bits per heavy atom. The lowest BCUT2D eigenvalue weighted by molar-refractivity contribution is 0.0608. The molecule has 3 aromatic heterocycles. The van der Waals surface area contributed by atoms with E-state index in [1.165, 1.54) is 30.9 Å². The summed E-state index contributed by atoms with van der Waals surface area (Å²) in [6.45, 7) is 9.56. The second-order valence-electron chi connectivity index (χ2n) is 14.0. The van der Waals surface area contributed by atoms with Gasteiger partial charge in [0.25, 0.3) is 0 Å². The fraction of sp³-hybridized carbons (Fsp3) is 0.514. The highest BCUT2D eigenvalue weighted by atomic mass is 19.1. The van der Waals surface area contributed by atoms with Gasteiger partial charge in [-0.05, 0) is 89.3 Å². The van der Waals surface area contributed by atoms with Crippen LogP contribution in [0.15, 0.2) is 54.4 Å². The minimum Gasteiger partial charge on any atom is -0.401 e. The smallest absolute Gasteiger partial charge is 0.145 e. The fourth-order valence-corrected chi connectivity index (χ4v) is 8.19. The average molecular weight is 656 g/mol. The van der Waals surface area contributed by atoms with Gasteiger partial charge in [-0.2, -0.15) is 0 Å². The monoisotopic (exact) mass is 655 g/mol. The standard InChI is InChI=1S/C37H50FN9O/c1-25(39)36(44(3)40)27-23-33-35(41-24-27)30-8-9-34(46-18-16-45(17-19-46)28-10-14-43(2)15-11-28)42-37(30)47(33)32(22-26-12-20-48-21-13-26)29-6-4-5-7-31(29)38/h4-9,23-24,26,28,32H,10-22,39-40H2,1-3H3/b36-25-. The third kappa shape index (κ3) is 6.48. The molecule has 3 saturated heterocycles. The van der Waals surface area contributed by atoms with Gasteiger partial charge in [-0.15, -0.1) is 0 Å². The molecule has 1 atom stereocenters. The molecule has 3 fully saturated rings. The van der Waals surface area contributed by atoms with Crippen LogP contribution < -0.4 is 16.5 Å². The first-order valence-electron chi connectivity index (χ1n) is 17.5. The second-order valence-corrected chi connectivity index (χ2v) is 14.0. The lowest BCUT2D eigenvalue weighted by atomic mass is 9.89. The molecule has 4 N–H and O–H groups in total. The van der Waals surface area contributed by atoms with Gasteiger partial charge in [0, 0.05) is 80.9 Å². The molecule has 6 heterocycles. The number of hydrogen-bond donors (Lipinski definition) is 2. The van der Waals surface area contributed by atoms with Crippen molar-refractivity contribution in [2.75, 3.05) is 71.5 Å². The van der Waals surface area contributed by atoms with Gasteiger partial charge < -0.3 is 29.8 Å². The summed E-state index contributed by atoms with van der Waals surface area (Å²) in [5.41, 5.74) is 11.6. The third-order valence-corrected chi connectivity index (χ3v) is 10.8. The van der Waals surface area contributed by atoms with Crippen molar-refractivity contribution >= 4 is 33.6 Å². The zero-order chi connectivity index (χ0) is 33.4. The molecule has 7 rings (SSSR count). The van der Waals surface area contributed by atoms with Gasteiger partial charge in [0.05, 0.1) is 22.8 Å². The van der Waals surface area contributed by atoms with E-state index in [0.717, 1.165) is 92.1 Å². The molecule has 0 radical (unpaired) electrons. The number of rotatable bonds is 8.